The third kappa shape index (κ3) is 4.84. The van der Waals surface area contributed by atoms with Crippen LogP contribution in [0.5, 0.6) is 11.5 Å². The van der Waals surface area contributed by atoms with E-state index in [1.807, 2.05) is 43.3 Å². The lowest BCUT2D eigenvalue weighted by Gasteiger charge is -2.22. The van der Waals surface area contributed by atoms with Crippen molar-refractivity contribution < 1.29 is 24.2 Å². The van der Waals surface area contributed by atoms with Crippen molar-refractivity contribution in [3.8, 4) is 11.5 Å². The number of benzene rings is 3. The highest BCUT2D eigenvalue weighted by atomic mass is 32.2. The molecule has 0 bridgehead atoms. The van der Waals surface area contributed by atoms with Gasteiger partial charge < -0.3 is 14.6 Å². The predicted molar refractivity (Wildman–Crippen MR) is 154 cm³/mol. The standard InChI is InChI=1S/C30H25N3O5S2/c1-17-14-21-15-20(10-13-23(21)38-17)26(34)24-25(19-8-11-22(37-2)12-9-19)33(28(36)27(24)35)29-31-32-30(40-29)39-16-18-6-4-3-5-7-18/h3-13,15,17,25,34H,14,16H2,1-2H3/t17-,25-/m1/s1. The number of Topliss-reactive ketones (excluding diaryl/α,β-unsaturated/α-hetero) is 1. The number of ether oxygens (including phenoxy) is 2. The second-order valence-electron chi connectivity index (χ2n) is 9.52. The van der Waals surface area contributed by atoms with Crippen molar-refractivity contribution in [2.75, 3.05) is 12.0 Å². The van der Waals surface area contributed by atoms with Gasteiger partial charge in [0.25, 0.3) is 5.78 Å². The summed E-state index contributed by atoms with van der Waals surface area (Å²) in [7, 11) is 1.56. The first-order valence-electron chi connectivity index (χ1n) is 12.7. The normalized spacial score (nSPS) is 19.5. The monoisotopic (exact) mass is 571 g/mol. The summed E-state index contributed by atoms with van der Waals surface area (Å²) in [4.78, 5) is 28.3. The van der Waals surface area contributed by atoms with Crippen LogP contribution in [0.15, 0.2) is 82.7 Å². The van der Waals surface area contributed by atoms with Crippen LogP contribution in [0.3, 0.4) is 0 Å². The summed E-state index contributed by atoms with van der Waals surface area (Å²) in [5.74, 6) is 0.284. The molecule has 40 heavy (non-hydrogen) atoms. The SMILES string of the molecule is COc1ccc([C@@H]2C(=C(O)c3ccc4c(c3)C[C@@H](C)O4)C(=O)C(=O)N2c2nnc(SCc3ccccc3)s2)cc1. The van der Waals surface area contributed by atoms with Gasteiger partial charge in [0.05, 0.1) is 18.7 Å². The fourth-order valence-electron chi connectivity index (χ4n) is 4.93. The van der Waals surface area contributed by atoms with E-state index in [2.05, 4.69) is 10.2 Å². The second-order valence-corrected chi connectivity index (χ2v) is 11.7. The molecule has 1 aromatic heterocycles. The maximum absolute atomic E-state index is 13.5. The number of hydrogen-bond donors (Lipinski definition) is 1. The number of aliphatic hydroxyl groups is 1. The average Bonchev–Trinajstić information content (AvgIpc) is 3.67. The number of nitrogens with zero attached hydrogens (tertiary/aromatic N) is 3. The smallest absolute Gasteiger partial charge is 0.301 e. The Kier molecular flexibility index (Phi) is 7.03. The fraction of sp³-hybridized carbons (Fsp3) is 0.200. The van der Waals surface area contributed by atoms with Crippen molar-refractivity contribution in [2.45, 2.75) is 35.6 Å². The van der Waals surface area contributed by atoms with Gasteiger partial charge in [-0.2, -0.15) is 0 Å². The summed E-state index contributed by atoms with van der Waals surface area (Å²) < 4.78 is 11.8. The van der Waals surface area contributed by atoms with Gasteiger partial charge in [-0.15, -0.1) is 10.2 Å². The van der Waals surface area contributed by atoms with E-state index in [0.717, 1.165) is 16.9 Å². The Hall–Kier alpha value is -4.15. The predicted octanol–water partition coefficient (Wildman–Crippen LogP) is 5.79. The summed E-state index contributed by atoms with van der Waals surface area (Å²) >= 11 is 2.74. The molecule has 10 heteroatoms. The van der Waals surface area contributed by atoms with Crippen LogP contribution >= 0.6 is 23.1 Å². The molecule has 0 unspecified atom stereocenters. The number of carbonyl (C=O) groups is 2. The van der Waals surface area contributed by atoms with Crippen LogP contribution < -0.4 is 14.4 Å². The van der Waals surface area contributed by atoms with Crippen LogP contribution in [0.1, 0.15) is 35.2 Å². The van der Waals surface area contributed by atoms with Gasteiger partial charge in [-0.1, -0.05) is 65.6 Å². The molecule has 3 aromatic carbocycles. The molecule has 0 saturated carbocycles. The van der Waals surface area contributed by atoms with Crippen molar-refractivity contribution >= 4 is 45.7 Å². The molecular weight excluding hydrogens is 546 g/mol. The van der Waals surface area contributed by atoms with Crippen LogP contribution in [0.25, 0.3) is 5.76 Å². The number of aliphatic hydroxyl groups excluding tert-OH is 1. The van der Waals surface area contributed by atoms with Crippen molar-refractivity contribution in [1.29, 1.82) is 0 Å². The van der Waals surface area contributed by atoms with E-state index < -0.39 is 17.7 Å². The van der Waals surface area contributed by atoms with Gasteiger partial charge in [0.15, 0.2) is 4.34 Å². The van der Waals surface area contributed by atoms with Gasteiger partial charge >= 0.3 is 5.91 Å². The molecule has 1 amide bonds. The van der Waals surface area contributed by atoms with Gasteiger partial charge in [0, 0.05) is 17.7 Å². The maximum Gasteiger partial charge on any atom is 0.301 e. The number of carbonyl (C=O) groups excluding carboxylic acids is 2. The van der Waals surface area contributed by atoms with E-state index >= 15 is 0 Å². The van der Waals surface area contributed by atoms with E-state index in [1.54, 1.807) is 43.5 Å². The molecular formula is C30H25N3O5S2. The van der Waals surface area contributed by atoms with Crippen molar-refractivity contribution in [2.24, 2.45) is 0 Å². The van der Waals surface area contributed by atoms with Crippen LogP contribution in [-0.2, 0) is 21.8 Å². The van der Waals surface area contributed by atoms with Gasteiger partial charge in [0.2, 0.25) is 5.13 Å². The molecule has 0 aliphatic carbocycles. The Labute approximate surface area is 239 Å². The zero-order chi connectivity index (χ0) is 27.8. The second kappa shape index (κ2) is 10.8. The molecule has 2 aliphatic rings. The van der Waals surface area contributed by atoms with E-state index in [9.17, 15) is 14.7 Å². The molecule has 2 aliphatic heterocycles. The van der Waals surface area contributed by atoms with E-state index in [1.165, 1.54) is 28.0 Å². The van der Waals surface area contributed by atoms with Crippen LogP contribution in [0.2, 0.25) is 0 Å². The van der Waals surface area contributed by atoms with Gasteiger partial charge in [-0.05, 0) is 53.9 Å². The minimum atomic E-state index is -0.894. The van der Waals surface area contributed by atoms with Crippen LogP contribution in [0, 0.1) is 0 Å². The quantitative estimate of drug-likeness (QED) is 0.0978. The summed E-state index contributed by atoms with van der Waals surface area (Å²) in [5.41, 5.74) is 3.15. The number of fused-ring (bicyclic) bond motifs is 1. The Morgan fingerprint density at radius 1 is 1.10 bits per heavy atom. The van der Waals surface area contributed by atoms with Crippen molar-refractivity contribution in [3.05, 3.63) is 101 Å². The largest absolute Gasteiger partial charge is 0.507 e. The summed E-state index contributed by atoms with van der Waals surface area (Å²) in [6, 6.07) is 21.5. The lowest BCUT2D eigenvalue weighted by atomic mass is 9.94. The molecule has 0 spiro atoms. The minimum absolute atomic E-state index is 0.00392. The highest BCUT2D eigenvalue weighted by molar-refractivity contribution is 8.00. The molecule has 6 rings (SSSR count). The number of methoxy groups -OCH3 is 1. The van der Waals surface area contributed by atoms with Crippen molar-refractivity contribution in [1.82, 2.24) is 10.2 Å². The first-order chi connectivity index (χ1) is 19.4. The third-order valence-electron chi connectivity index (χ3n) is 6.85. The minimum Gasteiger partial charge on any atom is -0.507 e. The zero-order valence-electron chi connectivity index (χ0n) is 21.7. The first kappa shape index (κ1) is 26.1. The molecule has 1 saturated heterocycles. The van der Waals surface area contributed by atoms with Gasteiger partial charge in [-0.3, -0.25) is 14.5 Å². The van der Waals surface area contributed by atoms with Gasteiger partial charge in [0.1, 0.15) is 23.4 Å². The van der Waals surface area contributed by atoms with Crippen LogP contribution in [0.4, 0.5) is 5.13 Å². The summed E-state index contributed by atoms with van der Waals surface area (Å²) in [6.45, 7) is 1.98. The molecule has 4 aromatic rings. The number of anilines is 1. The van der Waals surface area contributed by atoms with Gasteiger partial charge in [-0.25, -0.2) is 0 Å². The molecule has 8 nitrogen and oxygen atoms in total. The Bertz CT molecular complexity index is 1620. The topological polar surface area (TPSA) is 102 Å². The number of hydrogen-bond acceptors (Lipinski definition) is 9. The Morgan fingerprint density at radius 3 is 2.62 bits per heavy atom. The molecule has 0 radical (unpaired) electrons. The molecule has 1 fully saturated rings. The number of amides is 1. The average molecular weight is 572 g/mol. The molecule has 202 valence electrons. The Morgan fingerprint density at radius 2 is 1.88 bits per heavy atom. The summed E-state index contributed by atoms with van der Waals surface area (Å²) in [6.07, 6.45) is 0.726. The number of rotatable bonds is 7. The number of ketones is 1. The zero-order valence-corrected chi connectivity index (χ0v) is 23.4. The maximum atomic E-state index is 13.5. The third-order valence-corrected chi connectivity index (χ3v) is 8.98. The molecule has 2 atom stereocenters. The highest BCUT2D eigenvalue weighted by Crippen LogP contribution is 2.45. The molecule has 1 N–H and O–H groups in total. The lowest BCUT2D eigenvalue weighted by molar-refractivity contribution is -0.132. The lowest BCUT2D eigenvalue weighted by Crippen LogP contribution is -2.29. The summed E-state index contributed by atoms with van der Waals surface area (Å²) in [5, 5.41) is 20.3. The van der Waals surface area contributed by atoms with E-state index in [0.29, 0.717) is 33.4 Å². The van der Waals surface area contributed by atoms with E-state index in [-0.39, 0.29) is 22.6 Å². The Balaban J connectivity index is 1.40. The number of aromatic nitrogens is 2. The van der Waals surface area contributed by atoms with Crippen LogP contribution in [-0.4, -0.2) is 40.2 Å². The van der Waals surface area contributed by atoms with Crippen molar-refractivity contribution in [3.63, 3.8) is 0 Å². The molecule has 3 heterocycles. The first-order valence-corrected chi connectivity index (χ1v) is 14.5. The number of thioether (sulfide) groups is 1. The fourth-order valence-corrected chi connectivity index (χ4v) is 6.76. The van der Waals surface area contributed by atoms with E-state index in [4.69, 9.17) is 9.47 Å². The highest BCUT2D eigenvalue weighted by Gasteiger charge is 2.48.